The van der Waals surface area contributed by atoms with Gasteiger partial charge in [-0.2, -0.15) is 18.2 Å². The molecule has 178 valence electrons. The zero-order valence-corrected chi connectivity index (χ0v) is 18.3. The van der Waals surface area contributed by atoms with Gasteiger partial charge in [0.15, 0.2) is 0 Å². The number of carboxylic acid groups (broad SMARTS) is 1. The molecular formula is C27H20F3NO4. The summed E-state index contributed by atoms with van der Waals surface area (Å²) in [6.07, 6.45) is -4.65. The quantitative estimate of drug-likeness (QED) is 0.307. The van der Waals surface area contributed by atoms with Gasteiger partial charge in [-0.25, -0.2) is 4.79 Å². The Morgan fingerprint density at radius 2 is 1.37 bits per heavy atom. The van der Waals surface area contributed by atoms with Crippen molar-refractivity contribution in [1.82, 2.24) is 4.98 Å². The minimum atomic E-state index is -4.65. The van der Waals surface area contributed by atoms with Gasteiger partial charge in [0.2, 0.25) is 11.8 Å². The molecule has 0 amide bonds. The minimum absolute atomic E-state index is 0.0405. The summed E-state index contributed by atoms with van der Waals surface area (Å²) in [6, 6.07) is 23.9. The number of rotatable bonds is 8. The number of carbonyl (C=O) groups is 1. The van der Waals surface area contributed by atoms with Crippen molar-refractivity contribution in [3.8, 4) is 22.9 Å². The Morgan fingerprint density at radius 1 is 0.771 bits per heavy atom. The van der Waals surface area contributed by atoms with Crippen molar-refractivity contribution < 1.29 is 32.5 Å². The van der Waals surface area contributed by atoms with E-state index < -0.39 is 17.7 Å². The normalized spacial score (nSPS) is 11.2. The van der Waals surface area contributed by atoms with Crippen LogP contribution in [0.25, 0.3) is 11.1 Å². The summed E-state index contributed by atoms with van der Waals surface area (Å²) in [5.74, 6) is -1.22. The lowest BCUT2D eigenvalue weighted by atomic mass is 9.97. The smallest absolute Gasteiger partial charge is 0.416 e. The van der Waals surface area contributed by atoms with E-state index in [1.165, 1.54) is 12.1 Å². The lowest BCUT2D eigenvalue weighted by molar-refractivity contribution is -0.137. The molecule has 4 rings (SSSR count). The standard InChI is InChI=1S/C27H20F3NO4/c28-27(29,30)20-11-12-22(26(32)33)23(15-20)21-13-14-24(34-16-18-7-3-1-4-8-18)31-25(21)35-17-19-9-5-2-6-10-19/h1-15H,16-17H2,(H,32,33). The van der Waals surface area contributed by atoms with E-state index in [2.05, 4.69) is 4.98 Å². The van der Waals surface area contributed by atoms with Crippen LogP contribution in [0.5, 0.6) is 11.8 Å². The zero-order valence-electron chi connectivity index (χ0n) is 18.3. The molecule has 8 heteroatoms. The van der Waals surface area contributed by atoms with Crippen molar-refractivity contribution in [2.75, 3.05) is 0 Å². The van der Waals surface area contributed by atoms with Crippen LogP contribution in [0.1, 0.15) is 27.0 Å². The Kier molecular flexibility index (Phi) is 7.01. The van der Waals surface area contributed by atoms with E-state index in [1.807, 2.05) is 60.7 Å². The van der Waals surface area contributed by atoms with Crippen molar-refractivity contribution in [3.05, 3.63) is 113 Å². The van der Waals surface area contributed by atoms with Crippen molar-refractivity contribution in [1.29, 1.82) is 0 Å². The van der Waals surface area contributed by atoms with E-state index in [1.54, 1.807) is 0 Å². The minimum Gasteiger partial charge on any atom is -0.478 e. The first-order chi connectivity index (χ1) is 16.8. The topological polar surface area (TPSA) is 68.7 Å². The van der Waals surface area contributed by atoms with Crippen LogP contribution in [0, 0.1) is 0 Å². The molecule has 35 heavy (non-hydrogen) atoms. The molecule has 0 aliphatic rings. The fourth-order valence-electron chi connectivity index (χ4n) is 3.41. The third kappa shape index (κ3) is 5.97. The maximum atomic E-state index is 13.4. The predicted molar refractivity (Wildman–Crippen MR) is 123 cm³/mol. The van der Waals surface area contributed by atoms with Crippen LogP contribution in [0.3, 0.4) is 0 Å². The summed E-state index contributed by atoms with van der Waals surface area (Å²) in [6.45, 7) is 0.291. The number of aromatic nitrogens is 1. The largest absolute Gasteiger partial charge is 0.478 e. The highest BCUT2D eigenvalue weighted by Gasteiger charge is 2.32. The second kappa shape index (κ2) is 10.3. The van der Waals surface area contributed by atoms with Crippen molar-refractivity contribution in [3.63, 3.8) is 0 Å². The van der Waals surface area contributed by atoms with E-state index in [-0.39, 0.29) is 41.7 Å². The Bertz CT molecular complexity index is 1310. The number of nitrogens with zero attached hydrogens (tertiary/aromatic N) is 1. The highest BCUT2D eigenvalue weighted by atomic mass is 19.4. The van der Waals surface area contributed by atoms with Crippen molar-refractivity contribution >= 4 is 5.97 Å². The fourth-order valence-corrected chi connectivity index (χ4v) is 3.41. The van der Waals surface area contributed by atoms with Crippen molar-refractivity contribution in [2.45, 2.75) is 19.4 Å². The van der Waals surface area contributed by atoms with Gasteiger partial charge in [0, 0.05) is 17.2 Å². The molecule has 0 bridgehead atoms. The lowest BCUT2D eigenvalue weighted by Crippen LogP contribution is -2.09. The Labute approximate surface area is 199 Å². The van der Waals surface area contributed by atoms with Gasteiger partial charge in [0.1, 0.15) is 13.2 Å². The molecule has 1 heterocycles. The van der Waals surface area contributed by atoms with Crippen LogP contribution in [0.2, 0.25) is 0 Å². The number of carboxylic acids is 1. The number of halogens is 3. The second-order valence-electron chi connectivity index (χ2n) is 7.61. The molecule has 0 saturated carbocycles. The van der Waals surface area contributed by atoms with E-state index in [0.29, 0.717) is 0 Å². The molecule has 3 aromatic carbocycles. The molecule has 0 atom stereocenters. The first-order valence-electron chi connectivity index (χ1n) is 10.6. The number of ether oxygens (including phenoxy) is 2. The molecule has 5 nitrogen and oxygen atoms in total. The maximum absolute atomic E-state index is 13.4. The van der Waals surface area contributed by atoms with Gasteiger partial charge in [-0.1, -0.05) is 60.7 Å². The van der Waals surface area contributed by atoms with Gasteiger partial charge in [0.25, 0.3) is 0 Å². The lowest BCUT2D eigenvalue weighted by Gasteiger charge is -2.16. The number of hydrogen-bond donors (Lipinski definition) is 1. The maximum Gasteiger partial charge on any atom is 0.416 e. The summed E-state index contributed by atoms with van der Waals surface area (Å²) < 4.78 is 51.8. The Morgan fingerprint density at radius 3 is 1.94 bits per heavy atom. The summed E-state index contributed by atoms with van der Waals surface area (Å²) in [7, 11) is 0. The third-order valence-electron chi connectivity index (χ3n) is 5.15. The highest BCUT2D eigenvalue weighted by molar-refractivity contribution is 5.97. The van der Waals surface area contributed by atoms with Crippen LogP contribution in [-0.4, -0.2) is 16.1 Å². The average Bonchev–Trinajstić information content (AvgIpc) is 2.86. The van der Waals surface area contributed by atoms with Gasteiger partial charge < -0.3 is 14.6 Å². The molecule has 0 radical (unpaired) electrons. The first kappa shape index (κ1) is 23.8. The van der Waals surface area contributed by atoms with E-state index in [4.69, 9.17) is 9.47 Å². The number of hydrogen-bond acceptors (Lipinski definition) is 4. The monoisotopic (exact) mass is 479 g/mol. The second-order valence-corrected chi connectivity index (χ2v) is 7.61. The third-order valence-corrected chi connectivity index (χ3v) is 5.15. The molecule has 0 unspecified atom stereocenters. The molecule has 1 N–H and O–H groups in total. The number of aromatic carboxylic acids is 1. The van der Waals surface area contributed by atoms with E-state index >= 15 is 0 Å². The van der Waals surface area contributed by atoms with E-state index in [0.717, 1.165) is 29.3 Å². The van der Waals surface area contributed by atoms with Crippen LogP contribution in [0.15, 0.2) is 91.0 Å². The highest BCUT2D eigenvalue weighted by Crippen LogP contribution is 2.38. The molecule has 0 spiro atoms. The van der Waals surface area contributed by atoms with Crippen molar-refractivity contribution in [2.24, 2.45) is 0 Å². The SMILES string of the molecule is O=C(O)c1ccc(C(F)(F)F)cc1-c1ccc(OCc2ccccc2)nc1OCc1ccccc1. The number of pyridine rings is 1. The van der Waals surface area contributed by atoms with Gasteiger partial charge in [-0.15, -0.1) is 0 Å². The van der Waals surface area contributed by atoms with Crippen LogP contribution >= 0.6 is 0 Å². The molecule has 0 aliphatic carbocycles. The van der Waals surface area contributed by atoms with Gasteiger partial charge in [0.05, 0.1) is 11.1 Å². The molecule has 0 fully saturated rings. The molecule has 0 aliphatic heterocycles. The zero-order chi connectivity index (χ0) is 24.8. The average molecular weight is 479 g/mol. The number of alkyl halides is 3. The van der Waals surface area contributed by atoms with E-state index in [9.17, 15) is 23.1 Å². The first-order valence-corrected chi connectivity index (χ1v) is 10.6. The van der Waals surface area contributed by atoms with Crippen LogP contribution in [-0.2, 0) is 19.4 Å². The van der Waals surface area contributed by atoms with Gasteiger partial charge in [-0.3, -0.25) is 0 Å². The molecule has 1 aromatic heterocycles. The Hall–Kier alpha value is -4.33. The summed E-state index contributed by atoms with van der Waals surface area (Å²) in [5.41, 5.74) is 0.377. The van der Waals surface area contributed by atoms with Crippen LogP contribution < -0.4 is 9.47 Å². The fraction of sp³-hybridized carbons (Fsp3) is 0.111. The Balaban J connectivity index is 1.74. The van der Waals surface area contributed by atoms with Gasteiger partial charge >= 0.3 is 12.1 Å². The summed E-state index contributed by atoms with van der Waals surface area (Å²) in [4.78, 5) is 16.2. The number of benzene rings is 3. The van der Waals surface area contributed by atoms with Crippen LogP contribution in [0.4, 0.5) is 13.2 Å². The summed E-state index contributed by atoms with van der Waals surface area (Å²) in [5, 5.41) is 9.62. The summed E-state index contributed by atoms with van der Waals surface area (Å²) >= 11 is 0. The molecule has 0 saturated heterocycles. The molecule has 4 aromatic rings. The van der Waals surface area contributed by atoms with Gasteiger partial charge in [-0.05, 0) is 35.4 Å². The predicted octanol–water partition coefficient (Wildman–Crippen LogP) is 6.62. The molecular weight excluding hydrogens is 459 g/mol.